The van der Waals surface area contributed by atoms with Crippen molar-refractivity contribution in [2.45, 2.75) is 6.42 Å². The monoisotopic (exact) mass is 164 g/mol. The Morgan fingerprint density at radius 1 is 1.42 bits per heavy atom. The van der Waals surface area contributed by atoms with E-state index in [1.165, 1.54) is 12.3 Å². The van der Waals surface area contributed by atoms with Gasteiger partial charge in [-0.25, -0.2) is 0 Å². The molecule has 1 aromatic rings. The summed E-state index contributed by atoms with van der Waals surface area (Å²) in [4.78, 5) is 24.7. The standard InChI is InChI=1S/C8H7NO3/c10-7(5-8(11)12)6-3-1-2-4-9-6/h1-4H,5H2,(H,11,12)/p-1. The molecule has 0 saturated heterocycles. The van der Waals surface area contributed by atoms with Crippen LogP contribution in [0.1, 0.15) is 16.9 Å². The second-order valence-corrected chi connectivity index (χ2v) is 2.19. The third-order valence-electron chi connectivity index (χ3n) is 1.26. The number of carboxylic acids is 1. The Kier molecular flexibility index (Phi) is 2.53. The topological polar surface area (TPSA) is 70.1 Å². The van der Waals surface area contributed by atoms with E-state index in [1.54, 1.807) is 12.1 Å². The van der Waals surface area contributed by atoms with E-state index >= 15 is 0 Å². The highest BCUT2D eigenvalue weighted by molar-refractivity contribution is 6.03. The van der Waals surface area contributed by atoms with Crippen LogP contribution in [-0.2, 0) is 4.79 Å². The molecule has 0 saturated carbocycles. The number of ketones is 1. The SMILES string of the molecule is O=C([O-])CC(=O)c1ccccn1. The Labute approximate surface area is 68.9 Å². The molecule has 0 aliphatic heterocycles. The predicted molar refractivity (Wildman–Crippen MR) is 38.2 cm³/mol. The van der Waals surface area contributed by atoms with Crippen LogP contribution in [0.15, 0.2) is 24.4 Å². The summed E-state index contributed by atoms with van der Waals surface area (Å²) in [5.41, 5.74) is 0.154. The van der Waals surface area contributed by atoms with E-state index in [-0.39, 0.29) is 5.69 Å². The predicted octanol–water partition coefficient (Wildman–Crippen LogP) is -0.596. The van der Waals surface area contributed by atoms with Crippen LogP contribution in [-0.4, -0.2) is 16.7 Å². The third-order valence-corrected chi connectivity index (χ3v) is 1.26. The summed E-state index contributed by atoms with van der Waals surface area (Å²) >= 11 is 0. The van der Waals surface area contributed by atoms with Gasteiger partial charge in [-0.2, -0.15) is 0 Å². The van der Waals surface area contributed by atoms with Crippen LogP contribution in [0, 0.1) is 0 Å². The molecule has 12 heavy (non-hydrogen) atoms. The van der Waals surface area contributed by atoms with Gasteiger partial charge in [0.1, 0.15) is 5.69 Å². The third kappa shape index (κ3) is 2.16. The van der Waals surface area contributed by atoms with Crippen LogP contribution in [0.4, 0.5) is 0 Å². The van der Waals surface area contributed by atoms with Gasteiger partial charge in [0.05, 0.1) is 6.42 Å². The lowest BCUT2D eigenvalue weighted by Crippen LogP contribution is -2.25. The van der Waals surface area contributed by atoms with E-state index in [0.29, 0.717) is 0 Å². The van der Waals surface area contributed by atoms with Gasteiger partial charge < -0.3 is 9.90 Å². The first-order valence-electron chi connectivity index (χ1n) is 3.34. The molecule has 1 rings (SSSR count). The fourth-order valence-electron chi connectivity index (χ4n) is 0.749. The second kappa shape index (κ2) is 3.61. The zero-order chi connectivity index (χ0) is 8.97. The van der Waals surface area contributed by atoms with Crippen molar-refractivity contribution < 1.29 is 14.7 Å². The van der Waals surface area contributed by atoms with Gasteiger partial charge in [0.2, 0.25) is 0 Å². The number of hydrogen-bond acceptors (Lipinski definition) is 4. The van der Waals surface area contributed by atoms with E-state index in [2.05, 4.69) is 4.98 Å². The summed E-state index contributed by atoms with van der Waals surface area (Å²) in [5, 5.41) is 10.0. The molecule has 4 nitrogen and oxygen atoms in total. The Morgan fingerprint density at radius 2 is 2.17 bits per heavy atom. The molecule has 0 aliphatic carbocycles. The molecular formula is C8H6NO3-. The molecule has 1 aromatic heterocycles. The molecule has 4 heteroatoms. The maximum Gasteiger partial charge on any atom is 0.186 e. The van der Waals surface area contributed by atoms with Crippen molar-refractivity contribution in [2.24, 2.45) is 0 Å². The van der Waals surface area contributed by atoms with Crippen molar-refractivity contribution in [1.29, 1.82) is 0 Å². The number of aromatic nitrogens is 1. The smallest absolute Gasteiger partial charge is 0.186 e. The maximum absolute atomic E-state index is 11.0. The van der Waals surface area contributed by atoms with Gasteiger partial charge in [0.15, 0.2) is 5.78 Å². The lowest BCUT2D eigenvalue weighted by atomic mass is 10.2. The first kappa shape index (κ1) is 8.39. The van der Waals surface area contributed by atoms with Crippen LogP contribution in [0.2, 0.25) is 0 Å². The molecule has 0 aliphatic rings. The lowest BCUT2D eigenvalue weighted by molar-refractivity contribution is -0.304. The van der Waals surface area contributed by atoms with Gasteiger partial charge in [0.25, 0.3) is 0 Å². The minimum atomic E-state index is -1.38. The van der Waals surface area contributed by atoms with Crippen LogP contribution in [0.5, 0.6) is 0 Å². The molecule has 0 aromatic carbocycles. The molecule has 0 radical (unpaired) electrons. The maximum atomic E-state index is 11.0. The summed E-state index contributed by atoms with van der Waals surface area (Å²) < 4.78 is 0. The molecule has 62 valence electrons. The highest BCUT2D eigenvalue weighted by atomic mass is 16.4. The normalized spacial score (nSPS) is 9.33. The zero-order valence-corrected chi connectivity index (χ0v) is 6.19. The highest BCUT2D eigenvalue weighted by Gasteiger charge is 2.05. The molecule has 0 N–H and O–H groups in total. The number of rotatable bonds is 3. The van der Waals surface area contributed by atoms with Crippen LogP contribution < -0.4 is 5.11 Å². The molecule has 0 spiro atoms. The van der Waals surface area contributed by atoms with Crippen LogP contribution >= 0.6 is 0 Å². The zero-order valence-electron chi connectivity index (χ0n) is 6.19. The molecular weight excluding hydrogens is 158 g/mol. The van der Waals surface area contributed by atoms with Gasteiger partial charge in [-0.1, -0.05) is 6.07 Å². The lowest BCUT2D eigenvalue weighted by Gasteiger charge is -1.99. The number of pyridine rings is 1. The summed E-state index contributed by atoms with van der Waals surface area (Å²) in [6, 6.07) is 4.73. The minimum Gasteiger partial charge on any atom is -0.550 e. The molecule has 0 atom stereocenters. The van der Waals surface area contributed by atoms with Crippen LogP contribution in [0.25, 0.3) is 0 Å². The number of hydrogen-bond donors (Lipinski definition) is 0. The molecule has 1 heterocycles. The molecule has 0 amide bonds. The van der Waals surface area contributed by atoms with Crippen molar-refractivity contribution in [3.63, 3.8) is 0 Å². The van der Waals surface area contributed by atoms with Gasteiger partial charge in [-0.05, 0) is 12.1 Å². The quantitative estimate of drug-likeness (QED) is 0.442. The van der Waals surface area contributed by atoms with Crippen molar-refractivity contribution in [1.82, 2.24) is 4.98 Å². The number of aliphatic carboxylic acids is 1. The highest BCUT2D eigenvalue weighted by Crippen LogP contribution is 1.97. The average Bonchev–Trinajstić information content (AvgIpc) is 2.05. The molecule has 0 bridgehead atoms. The average molecular weight is 164 g/mol. The number of carbonyl (C=O) groups excluding carboxylic acids is 2. The number of carboxylic acid groups (broad SMARTS) is 1. The Hall–Kier alpha value is -1.71. The summed E-state index contributed by atoms with van der Waals surface area (Å²) in [7, 11) is 0. The summed E-state index contributed by atoms with van der Waals surface area (Å²) in [6.45, 7) is 0. The van der Waals surface area contributed by atoms with Crippen molar-refractivity contribution in [2.75, 3.05) is 0 Å². The van der Waals surface area contributed by atoms with Gasteiger partial charge in [-0.15, -0.1) is 0 Å². The minimum absolute atomic E-state index is 0.154. The van der Waals surface area contributed by atoms with E-state index in [9.17, 15) is 14.7 Å². The second-order valence-electron chi connectivity index (χ2n) is 2.19. The van der Waals surface area contributed by atoms with E-state index < -0.39 is 18.2 Å². The van der Waals surface area contributed by atoms with Crippen molar-refractivity contribution in [3.05, 3.63) is 30.1 Å². The van der Waals surface area contributed by atoms with Gasteiger partial charge in [0, 0.05) is 12.2 Å². The molecule has 0 unspecified atom stereocenters. The van der Waals surface area contributed by atoms with Gasteiger partial charge >= 0.3 is 0 Å². The fourth-order valence-corrected chi connectivity index (χ4v) is 0.749. The summed E-state index contributed by atoms with van der Waals surface area (Å²) in [6.07, 6.45) is 0.819. The number of carbonyl (C=O) groups is 2. The van der Waals surface area contributed by atoms with E-state index in [1.807, 2.05) is 0 Å². The number of Topliss-reactive ketones (excluding diaryl/α,β-unsaturated/α-hetero) is 1. The van der Waals surface area contributed by atoms with E-state index in [0.717, 1.165) is 0 Å². The fraction of sp³-hybridized carbons (Fsp3) is 0.125. The first-order chi connectivity index (χ1) is 5.70. The first-order valence-corrected chi connectivity index (χ1v) is 3.34. The Morgan fingerprint density at radius 3 is 2.67 bits per heavy atom. The Bertz CT molecular complexity index is 294. The largest absolute Gasteiger partial charge is 0.550 e. The Balaban J connectivity index is 2.73. The number of nitrogens with zero attached hydrogens (tertiary/aromatic N) is 1. The van der Waals surface area contributed by atoms with Gasteiger partial charge in [-0.3, -0.25) is 9.78 Å². The van der Waals surface area contributed by atoms with E-state index in [4.69, 9.17) is 0 Å². The van der Waals surface area contributed by atoms with Crippen LogP contribution in [0.3, 0.4) is 0 Å². The molecule has 0 fully saturated rings. The van der Waals surface area contributed by atoms with Crippen molar-refractivity contribution >= 4 is 11.8 Å². The van der Waals surface area contributed by atoms with Crippen molar-refractivity contribution in [3.8, 4) is 0 Å². The summed E-state index contributed by atoms with van der Waals surface area (Å²) in [5.74, 6) is -1.92.